The fourth-order valence-electron chi connectivity index (χ4n) is 1.95. The molecule has 13 heavy (non-hydrogen) atoms. The minimum atomic E-state index is 0.643. The maximum absolute atomic E-state index is 5.62. The molecule has 72 valence electrons. The van der Waals surface area contributed by atoms with Gasteiger partial charge in [-0.1, -0.05) is 13.3 Å². The Morgan fingerprint density at radius 2 is 2.38 bits per heavy atom. The second kappa shape index (κ2) is 3.05. The number of rotatable bonds is 2. The van der Waals surface area contributed by atoms with Gasteiger partial charge in [-0.2, -0.15) is 5.10 Å². The summed E-state index contributed by atoms with van der Waals surface area (Å²) < 4.78 is 2.04. The fraction of sp³-hybridized carbons (Fsp3) is 0.700. The van der Waals surface area contributed by atoms with Crippen LogP contribution in [0.4, 0.5) is 5.82 Å². The number of aryl methyl sites for hydroxylation is 1. The molecule has 2 unspecified atom stereocenters. The van der Waals surface area contributed by atoms with Gasteiger partial charge < -0.3 is 5.73 Å². The maximum Gasteiger partial charge on any atom is 0.145 e. The Labute approximate surface area is 78.9 Å². The van der Waals surface area contributed by atoms with Crippen molar-refractivity contribution in [3.8, 4) is 0 Å². The van der Waals surface area contributed by atoms with E-state index in [2.05, 4.69) is 18.9 Å². The van der Waals surface area contributed by atoms with Gasteiger partial charge in [-0.15, -0.1) is 0 Å². The Kier molecular flexibility index (Phi) is 2.02. The van der Waals surface area contributed by atoms with Crippen LogP contribution in [0.3, 0.4) is 0 Å². The highest BCUT2D eigenvalue weighted by molar-refractivity contribution is 5.28. The molecule has 1 aromatic heterocycles. The van der Waals surface area contributed by atoms with Gasteiger partial charge in [-0.3, -0.25) is 4.68 Å². The highest BCUT2D eigenvalue weighted by Gasteiger charge is 2.27. The van der Waals surface area contributed by atoms with Gasteiger partial charge in [0.25, 0.3) is 0 Å². The monoisotopic (exact) mass is 179 g/mol. The lowest BCUT2D eigenvalue weighted by Crippen LogP contribution is -2.28. The van der Waals surface area contributed by atoms with Crippen LogP contribution < -0.4 is 5.73 Å². The van der Waals surface area contributed by atoms with E-state index in [1.54, 1.807) is 0 Å². The van der Waals surface area contributed by atoms with Crippen LogP contribution in [0.1, 0.15) is 25.5 Å². The van der Waals surface area contributed by atoms with E-state index >= 15 is 0 Å². The SMILES string of the molecule is Cc1cc(N)nn1CC1CCC1C. The highest BCUT2D eigenvalue weighted by atomic mass is 15.3. The van der Waals surface area contributed by atoms with Crippen LogP contribution in [0.15, 0.2) is 6.07 Å². The van der Waals surface area contributed by atoms with Crippen LogP contribution in [0.25, 0.3) is 0 Å². The predicted molar refractivity (Wildman–Crippen MR) is 53.3 cm³/mol. The molecule has 2 atom stereocenters. The van der Waals surface area contributed by atoms with E-state index in [4.69, 9.17) is 5.73 Å². The van der Waals surface area contributed by atoms with Gasteiger partial charge in [0.2, 0.25) is 0 Å². The molecule has 1 saturated carbocycles. The summed E-state index contributed by atoms with van der Waals surface area (Å²) in [5, 5.41) is 4.26. The summed E-state index contributed by atoms with van der Waals surface area (Å²) in [7, 11) is 0. The molecule has 0 bridgehead atoms. The number of hydrogen-bond acceptors (Lipinski definition) is 2. The summed E-state index contributed by atoms with van der Waals surface area (Å²) in [6.07, 6.45) is 2.72. The van der Waals surface area contributed by atoms with E-state index in [9.17, 15) is 0 Å². The first-order valence-electron chi connectivity index (χ1n) is 4.96. The van der Waals surface area contributed by atoms with Gasteiger partial charge in [-0.05, 0) is 25.2 Å². The third kappa shape index (κ3) is 1.55. The zero-order chi connectivity index (χ0) is 9.42. The fourth-order valence-corrected chi connectivity index (χ4v) is 1.95. The molecule has 2 N–H and O–H groups in total. The second-order valence-corrected chi connectivity index (χ2v) is 4.21. The molecule has 0 radical (unpaired) electrons. The summed E-state index contributed by atoms with van der Waals surface area (Å²) in [6.45, 7) is 5.42. The molecule has 0 spiro atoms. The lowest BCUT2D eigenvalue weighted by Gasteiger charge is -2.33. The summed E-state index contributed by atoms with van der Waals surface area (Å²) >= 11 is 0. The quantitative estimate of drug-likeness (QED) is 0.752. The summed E-state index contributed by atoms with van der Waals surface area (Å²) in [5.41, 5.74) is 6.79. The normalized spacial score (nSPS) is 27.2. The standard InChI is InChI=1S/C10H17N3/c1-7-3-4-9(7)6-13-8(2)5-10(11)12-13/h5,7,9H,3-4,6H2,1-2H3,(H2,11,12). The molecule has 0 aliphatic heterocycles. The predicted octanol–water partition coefficient (Wildman–Crippen LogP) is 1.82. The van der Waals surface area contributed by atoms with Crippen molar-refractivity contribution in [3.63, 3.8) is 0 Å². The van der Waals surface area contributed by atoms with Crippen LogP contribution in [-0.4, -0.2) is 9.78 Å². The third-order valence-corrected chi connectivity index (χ3v) is 3.21. The van der Waals surface area contributed by atoms with Gasteiger partial charge in [0, 0.05) is 18.3 Å². The van der Waals surface area contributed by atoms with Crippen molar-refractivity contribution in [2.75, 3.05) is 5.73 Å². The lowest BCUT2D eigenvalue weighted by atomic mass is 9.75. The van der Waals surface area contributed by atoms with Gasteiger partial charge in [0.1, 0.15) is 5.82 Å². The van der Waals surface area contributed by atoms with Crippen molar-refractivity contribution in [3.05, 3.63) is 11.8 Å². The molecular formula is C10H17N3. The minimum absolute atomic E-state index is 0.643. The summed E-state index contributed by atoms with van der Waals surface area (Å²) in [6, 6.07) is 1.93. The topological polar surface area (TPSA) is 43.8 Å². The van der Waals surface area contributed by atoms with E-state index in [0.29, 0.717) is 5.82 Å². The number of nitrogens with zero attached hydrogens (tertiary/aromatic N) is 2. The van der Waals surface area contributed by atoms with Crippen molar-refractivity contribution in [2.24, 2.45) is 11.8 Å². The molecule has 1 fully saturated rings. The van der Waals surface area contributed by atoms with Crippen LogP contribution in [0, 0.1) is 18.8 Å². The van der Waals surface area contributed by atoms with Crippen LogP contribution in [-0.2, 0) is 6.54 Å². The summed E-state index contributed by atoms with van der Waals surface area (Å²) in [4.78, 5) is 0. The Balaban J connectivity index is 2.04. The molecule has 3 nitrogen and oxygen atoms in total. The molecule has 1 aromatic rings. The molecule has 0 saturated heterocycles. The largest absolute Gasteiger partial charge is 0.382 e. The number of nitrogen functional groups attached to an aromatic ring is 1. The van der Waals surface area contributed by atoms with E-state index in [-0.39, 0.29) is 0 Å². The molecule has 1 aliphatic rings. The van der Waals surface area contributed by atoms with Crippen molar-refractivity contribution < 1.29 is 0 Å². The minimum Gasteiger partial charge on any atom is -0.382 e. The molecule has 3 heteroatoms. The average molecular weight is 179 g/mol. The molecule has 0 amide bonds. The number of anilines is 1. The van der Waals surface area contributed by atoms with Crippen molar-refractivity contribution in [1.29, 1.82) is 0 Å². The van der Waals surface area contributed by atoms with Gasteiger partial charge in [0.05, 0.1) is 0 Å². The van der Waals surface area contributed by atoms with E-state index in [1.807, 2.05) is 10.7 Å². The van der Waals surface area contributed by atoms with Crippen LogP contribution >= 0.6 is 0 Å². The molecule has 1 heterocycles. The zero-order valence-corrected chi connectivity index (χ0v) is 8.33. The zero-order valence-electron chi connectivity index (χ0n) is 8.33. The van der Waals surface area contributed by atoms with Crippen molar-refractivity contribution >= 4 is 5.82 Å². The van der Waals surface area contributed by atoms with Crippen LogP contribution in [0.5, 0.6) is 0 Å². The Bertz CT molecular complexity index is 303. The second-order valence-electron chi connectivity index (χ2n) is 4.21. The van der Waals surface area contributed by atoms with Gasteiger partial charge in [0.15, 0.2) is 0 Å². The van der Waals surface area contributed by atoms with Crippen molar-refractivity contribution in [1.82, 2.24) is 9.78 Å². The first kappa shape index (κ1) is 8.60. The first-order valence-corrected chi connectivity index (χ1v) is 4.96. The number of aromatic nitrogens is 2. The van der Waals surface area contributed by atoms with Gasteiger partial charge in [-0.25, -0.2) is 0 Å². The first-order chi connectivity index (χ1) is 6.16. The lowest BCUT2D eigenvalue weighted by molar-refractivity contribution is 0.164. The smallest absolute Gasteiger partial charge is 0.145 e. The maximum atomic E-state index is 5.62. The Morgan fingerprint density at radius 3 is 2.77 bits per heavy atom. The molecule has 2 rings (SSSR count). The summed E-state index contributed by atoms with van der Waals surface area (Å²) in [5.74, 6) is 2.33. The Hall–Kier alpha value is -0.990. The average Bonchev–Trinajstić information content (AvgIpc) is 2.38. The highest BCUT2D eigenvalue weighted by Crippen LogP contribution is 2.34. The van der Waals surface area contributed by atoms with E-state index in [0.717, 1.165) is 18.4 Å². The molecule has 1 aliphatic carbocycles. The van der Waals surface area contributed by atoms with Crippen molar-refractivity contribution in [2.45, 2.75) is 33.2 Å². The molecule has 0 aromatic carbocycles. The molecular weight excluding hydrogens is 162 g/mol. The number of hydrogen-bond donors (Lipinski definition) is 1. The number of nitrogens with two attached hydrogens (primary N) is 1. The van der Waals surface area contributed by atoms with E-state index in [1.165, 1.54) is 18.5 Å². The van der Waals surface area contributed by atoms with Crippen LogP contribution in [0.2, 0.25) is 0 Å². The third-order valence-electron chi connectivity index (χ3n) is 3.21. The van der Waals surface area contributed by atoms with E-state index < -0.39 is 0 Å². The van der Waals surface area contributed by atoms with Gasteiger partial charge >= 0.3 is 0 Å². The Morgan fingerprint density at radius 1 is 1.62 bits per heavy atom.